The molecule has 0 bridgehead atoms. The Balaban J connectivity index is 2.13. The van der Waals surface area contributed by atoms with Crippen LogP contribution in [-0.4, -0.2) is 13.2 Å². The topological polar surface area (TPSA) is 9.23 Å². The number of unbranched alkanes of at least 4 members (excludes halogenated alkanes) is 1. The van der Waals surface area contributed by atoms with Crippen molar-refractivity contribution in [3.63, 3.8) is 0 Å². The summed E-state index contributed by atoms with van der Waals surface area (Å²) < 4.78 is 5.19. The third kappa shape index (κ3) is 4.87. The molecule has 1 radical (unpaired) electrons. The fourth-order valence-electron chi connectivity index (χ4n) is 2.35. The third-order valence-corrected chi connectivity index (χ3v) is 3.58. The summed E-state index contributed by atoms with van der Waals surface area (Å²) in [7, 11) is 1.72. The SMILES string of the molecule is [CH2]C(CCCC=C(c1ccccc1)c1ccccc1)OC. The van der Waals surface area contributed by atoms with Crippen LogP contribution in [0.4, 0.5) is 0 Å². The van der Waals surface area contributed by atoms with Crippen molar-refractivity contribution in [2.75, 3.05) is 7.11 Å². The summed E-state index contributed by atoms with van der Waals surface area (Å²) in [5.41, 5.74) is 3.83. The Kier molecular flexibility index (Phi) is 6.23. The molecule has 1 unspecified atom stereocenters. The van der Waals surface area contributed by atoms with E-state index in [1.807, 2.05) is 0 Å². The Labute approximate surface area is 128 Å². The first-order valence-electron chi connectivity index (χ1n) is 7.48. The van der Waals surface area contributed by atoms with Crippen LogP contribution in [0.3, 0.4) is 0 Å². The lowest BCUT2D eigenvalue weighted by Crippen LogP contribution is -2.03. The molecule has 2 aromatic rings. The van der Waals surface area contributed by atoms with Crippen molar-refractivity contribution in [2.45, 2.75) is 25.4 Å². The fraction of sp³-hybridized carbons (Fsp3) is 0.250. The van der Waals surface area contributed by atoms with Crippen LogP contribution in [0.5, 0.6) is 0 Å². The predicted molar refractivity (Wildman–Crippen MR) is 90.0 cm³/mol. The summed E-state index contributed by atoms with van der Waals surface area (Å²) >= 11 is 0. The van der Waals surface area contributed by atoms with Crippen LogP contribution in [0.2, 0.25) is 0 Å². The van der Waals surface area contributed by atoms with Gasteiger partial charge in [0.25, 0.3) is 0 Å². The van der Waals surface area contributed by atoms with Gasteiger partial charge >= 0.3 is 0 Å². The molecule has 1 heteroatoms. The van der Waals surface area contributed by atoms with Gasteiger partial charge in [-0.15, -0.1) is 0 Å². The van der Waals surface area contributed by atoms with Crippen LogP contribution < -0.4 is 0 Å². The molecule has 0 spiro atoms. The lowest BCUT2D eigenvalue weighted by atomic mass is 9.96. The lowest BCUT2D eigenvalue weighted by Gasteiger charge is -2.10. The third-order valence-electron chi connectivity index (χ3n) is 3.58. The number of benzene rings is 2. The summed E-state index contributed by atoms with van der Waals surface area (Å²) in [5.74, 6) is 0. The first-order chi connectivity index (χ1) is 10.3. The molecule has 0 N–H and O–H groups in total. The molecule has 0 amide bonds. The molecule has 1 nitrogen and oxygen atoms in total. The Morgan fingerprint density at radius 1 is 1.00 bits per heavy atom. The monoisotopic (exact) mass is 279 g/mol. The fourth-order valence-corrected chi connectivity index (χ4v) is 2.35. The standard InChI is InChI=1S/C20H23O/c1-17(21-2)11-9-10-16-20(18-12-5-3-6-13-18)19-14-7-4-8-15-19/h3-8,12-17H,1,9-11H2,2H3. The maximum Gasteiger partial charge on any atom is 0.0572 e. The predicted octanol–water partition coefficient (Wildman–Crippen LogP) is 5.14. The van der Waals surface area contributed by atoms with Crippen LogP contribution in [0.1, 0.15) is 30.4 Å². The normalized spacial score (nSPS) is 11.9. The average Bonchev–Trinajstić information content (AvgIpc) is 2.56. The highest BCUT2D eigenvalue weighted by Gasteiger charge is 2.04. The van der Waals surface area contributed by atoms with E-state index in [1.165, 1.54) is 16.7 Å². The smallest absolute Gasteiger partial charge is 0.0572 e. The summed E-state index contributed by atoms with van der Waals surface area (Å²) in [5, 5.41) is 0. The van der Waals surface area contributed by atoms with E-state index in [0.717, 1.165) is 19.3 Å². The molecule has 0 saturated heterocycles. The van der Waals surface area contributed by atoms with Crippen LogP contribution >= 0.6 is 0 Å². The minimum atomic E-state index is 0.0929. The van der Waals surface area contributed by atoms with Gasteiger partial charge < -0.3 is 4.74 Å². The molecule has 2 aromatic carbocycles. The van der Waals surface area contributed by atoms with Gasteiger partial charge in [-0.3, -0.25) is 0 Å². The van der Waals surface area contributed by atoms with Crippen LogP contribution in [-0.2, 0) is 4.74 Å². The second kappa shape index (κ2) is 8.43. The van der Waals surface area contributed by atoms with E-state index in [1.54, 1.807) is 7.11 Å². The minimum absolute atomic E-state index is 0.0929. The first-order valence-corrected chi connectivity index (χ1v) is 7.48. The number of ether oxygens (including phenoxy) is 1. The van der Waals surface area contributed by atoms with Crippen molar-refractivity contribution in [3.05, 3.63) is 84.8 Å². The second-order valence-electron chi connectivity index (χ2n) is 5.14. The van der Waals surface area contributed by atoms with Gasteiger partial charge in [-0.05, 0) is 42.9 Å². The zero-order valence-electron chi connectivity index (χ0n) is 12.7. The van der Waals surface area contributed by atoms with E-state index in [0.29, 0.717) is 0 Å². The highest BCUT2D eigenvalue weighted by Crippen LogP contribution is 2.24. The molecule has 0 aliphatic carbocycles. The van der Waals surface area contributed by atoms with Gasteiger partial charge in [-0.1, -0.05) is 66.7 Å². The van der Waals surface area contributed by atoms with E-state index >= 15 is 0 Å². The summed E-state index contributed by atoms with van der Waals surface area (Å²) in [4.78, 5) is 0. The highest BCUT2D eigenvalue weighted by molar-refractivity contribution is 5.79. The van der Waals surface area contributed by atoms with E-state index < -0.39 is 0 Å². The molecular weight excluding hydrogens is 256 g/mol. The maximum absolute atomic E-state index is 5.19. The number of rotatable bonds is 7. The van der Waals surface area contributed by atoms with Crippen molar-refractivity contribution >= 4 is 5.57 Å². The van der Waals surface area contributed by atoms with Gasteiger partial charge in [0.2, 0.25) is 0 Å². The summed E-state index contributed by atoms with van der Waals surface area (Å²) in [6.45, 7) is 3.95. The van der Waals surface area contributed by atoms with Crippen LogP contribution in [0, 0.1) is 6.92 Å². The van der Waals surface area contributed by atoms with Crippen molar-refractivity contribution in [1.29, 1.82) is 0 Å². The number of allylic oxidation sites excluding steroid dienone is 1. The maximum atomic E-state index is 5.19. The van der Waals surface area contributed by atoms with Gasteiger partial charge in [-0.25, -0.2) is 0 Å². The largest absolute Gasteiger partial charge is 0.381 e. The Bertz CT molecular complexity index is 501. The molecule has 0 aromatic heterocycles. The minimum Gasteiger partial charge on any atom is -0.381 e. The lowest BCUT2D eigenvalue weighted by molar-refractivity contribution is 0.130. The van der Waals surface area contributed by atoms with E-state index in [9.17, 15) is 0 Å². The molecule has 0 fully saturated rings. The molecule has 0 aliphatic rings. The van der Waals surface area contributed by atoms with Crippen molar-refractivity contribution in [1.82, 2.24) is 0 Å². The number of hydrogen-bond donors (Lipinski definition) is 0. The second-order valence-corrected chi connectivity index (χ2v) is 5.14. The Morgan fingerprint density at radius 2 is 1.52 bits per heavy atom. The molecule has 0 heterocycles. The highest BCUT2D eigenvalue weighted by atomic mass is 16.5. The van der Waals surface area contributed by atoms with Crippen molar-refractivity contribution in [3.8, 4) is 0 Å². The first kappa shape index (κ1) is 15.5. The van der Waals surface area contributed by atoms with Gasteiger partial charge in [0, 0.05) is 7.11 Å². The summed E-state index contributed by atoms with van der Waals surface area (Å²) in [6.07, 6.45) is 5.53. The van der Waals surface area contributed by atoms with Gasteiger partial charge in [-0.2, -0.15) is 0 Å². The number of hydrogen-bond acceptors (Lipinski definition) is 1. The van der Waals surface area contributed by atoms with E-state index in [-0.39, 0.29) is 6.10 Å². The molecular formula is C20H23O. The van der Waals surface area contributed by atoms with Gasteiger partial charge in [0.15, 0.2) is 0 Å². The van der Waals surface area contributed by atoms with E-state index in [2.05, 4.69) is 73.7 Å². The molecule has 21 heavy (non-hydrogen) atoms. The van der Waals surface area contributed by atoms with Crippen LogP contribution in [0.25, 0.3) is 5.57 Å². The molecule has 109 valence electrons. The van der Waals surface area contributed by atoms with E-state index in [4.69, 9.17) is 4.74 Å². The quantitative estimate of drug-likeness (QED) is 0.638. The van der Waals surface area contributed by atoms with Gasteiger partial charge in [0.05, 0.1) is 6.10 Å². The zero-order valence-corrected chi connectivity index (χ0v) is 12.7. The molecule has 2 rings (SSSR count). The van der Waals surface area contributed by atoms with Crippen molar-refractivity contribution < 1.29 is 4.74 Å². The summed E-state index contributed by atoms with van der Waals surface area (Å²) in [6, 6.07) is 21.1. The average molecular weight is 279 g/mol. The molecule has 0 saturated carbocycles. The Morgan fingerprint density at radius 3 is 2.00 bits per heavy atom. The molecule has 1 atom stereocenters. The van der Waals surface area contributed by atoms with Crippen LogP contribution in [0.15, 0.2) is 66.7 Å². The van der Waals surface area contributed by atoms with Crippen molar-refractivity contribution in [2.24, 2.45) is 0 Å². The number of methoxy groups -OCH3 is 1. The Hall–Kier alpha value is -1.86. The molecule has 0 aliphatic heterocycles. The van der Waals surface area contributed by atoms with Gasteiger partial charge in [0.1, 0.15) is 0 Å². The zero-order chi connectivity index (χ0) is 14.9.